The van der Waals surface area contributed by atoms with Crippen LogP contribution in [-0.2, 0) is 13.6 Å². The lowest BCUT2D eigenvalue weighted by Gasteiger charge is -2.47. The molecule has 3 aromatic heterocycles. The number of fused-ring (bicyclic) bond motifs is 2. The summed E-state index contributed by atoms with van der Waals surface area (Å²) in [6, 6.07) is 10.8. The third-order valence-corrected chi connectivity index (χ3v) is 7.18. The van der Waals surface area contributed by atoms with Crippen molar-refractivity contribution in [1.82, 2.24) is 29.2 Å². The van der Waals surface area contributed by atoms with Gasteiger partial charge in [0.1, 0.15) is 12.1 Å². The minimum absolute atomic E-state index is 0.0767. The van der Waals surface area contributed by atoms with Gasteiger partial charge >= 0.3 is 0 Å². The first-order valence-corrected chi connectivity index (χ1v) is 12.0. The van der Waals surface area contributed by atoms with Gasteiger partial charge in [-0.05, 0) is 45.4 Å². The van der Waals surface area contributed by atoms with Crippen LogP contribution in [0.4, 0.5) is 5.69 Å². The highest BCUT2D eigenvalue weighted by Crippen LogP contribution is 2.33. The average Bonchev–Trinajstić information content (AvgIpc) is 3.26. The van der Waals surface area contributed by atoms with Crippen molar-refractivity contribution in [2.45, 2.75) is 52.4 Å². The van der Waals surface area contributed by atoms with E-state index in [9.17, 15) is 4.79 Å². The molecule has 0 spiro atoms. The Balaban J connectivity index is 1.44. The molecule has 1 aromatic carbocycles. The number of nitrogens with zero attached hydrogens (tertiary/aromatic N) is 8. The quantitative estimate of drug-likeness (QED) is 0.452. The number of anilines is 1. The van der Waals surface area contributed by atoms with Gasteiger partial charge in [-0.1, -0.05) is 6.07 Å². The molecule has 0 bridgehead atoms. The first-order valence-electron chi connectivity index (χ1n) is 12.0. The summed E-state index contributed by atoms with van der Waals surface area (Å²) in [6.45, 7) is 10.4. The van der Waals surface area contributed by atoms with Crippen molar-refractivity contribution in [3.63, 3.8) is 0 Å². The molecule has 9 heteroatoms. The van der Waals surface area contributed by atoms with Crippen LogP contribution in [0.15, 0.2) is 41.5 Å². The van der Waals surface area contributed by atoms with Crippen molar-refractivity contribution in [2.75, 3.05) is 18.0 Å². The lowest BCUT2D eigenvalue weighted by Crippen LogP contribution is -2.57. The minimum atomic E-state index is -0.0767. The molecule has 4 aromatic rings. The molecule has 0 N–H and O–H groups in total. The van der Waals surface area contributed by atoms with Gasteiger partial charge in [-0.15, -0.1) is 0 Å². The Labute approximate surface area is 204 Å². The molecule has 9 nitrogen and oxygen atoms in total. The maximum atomic E-state index is 12.8. The lowest BCUT2D eigenvalue weighted by molar-refractivity contribution is 0.119. The number of benzene rings is 1. The highest BCUT2D eigenvalue weighted by atomic mass is 16.1. The predicted octanol–water partition coefficient (Wildman–Crippen LogP) is 3.17. The van der Waals surface area contributed by atoms with E-state index in [1.807, 2.05) is 13.1 Å². The maximum absolute atomic E-state index is 12.8. The second kappa shape index (κ2) is 8.78. The number of aryl methyl sites for hydroxylation is 2. The van der Waals surface area contributed by atoms with Crippen LogP contribution in [0.2, 0.25) is 0 Å². The summed E-state index contributed by atoms with van der Waals surface area (Å²) in [5.41, 5.74) is 6.22. The molecule has 180 valence electrons. The number of piperazine rings is 1. The molecule has 1 saturated heterocycles. The van der Waals surface area contributed by atoms with Gasteiger partial charge in [0.05, 0.1) is 40.2 Å². The Hall–Kier alpha value is -3.77. The molecule has 3 atom stereocenters. The van der Waals surface area contributed by atoms with Crippen molar-refractivity contribution in [2.24, 2.45) is 7.05 Å². The van der Waals surface area contributed by atoms with Gasteiger partial charge in [0.15, 0.2) is 0 Å². The number of aromatic nitrogens is 5. The Morgan fingerprint density at radius 1 is 1.17 bits per heavy atom. The summed E-state index contributed by atoms with van der Waals surface area (Å²) in [5.74, 6) is 0. The van der Waals surface area contributed by atoms with Crippen LogP contribution >= 0.6 is 0 Å². The summed E-state index contributed by atoms with van der Waals surface area (Å²) in [7, 11) is 1.74. The standard InChI is InChI=1S/C26H30N8O/c1-16-12-28-22-10-20(6-7-21(22)29-16)19(4)33-13-18(3)34(14-17(33)2)23-11-25(35)31(5)24-15-32(9-8-27)30-26(23)24/h6-7,10-12,15,17-19H,9,13-14H2,1-5H3/t17-,18+,19+/m1/s1. The van der Waals surface area contributed by atoms with Crippen molar-refractivity contribution in [1.29, 1.82) is 5.26 Å². The molecule has 0 aliphatic carbocycles. The van der Waals surface area contributed by atoms with E-state index in [0.29, 0.717) is 0 Å². The molecular formula is C26H30N8O. The van der Waals surface area contributed by atoms with Crippen LogP contribution < -0.4 is 10.5 Å². The number of pyridine rings is 1. The van der Waals surface area contributed by atoms with Crippen molar-refractivity contribution < 1.29 is 0 Å². The van der Waals surface area contributed by atoms with Crippen LogP contribution in [0, 0.1) is 18.3 Å². The molecule has 5 rings (SSSR count). The van der Waals surface area contributed by atoms with Crippen LogP contribution in [0.25, 0.3) is 22.1 Å². The average molecular weight is 471 g/mol. The highest BCUT2D eigenvalue weighted by Gasteiger charge is 2.34. The monoisotopic (exact) mass is 470 g/mol. The van der Waals surface area contributed by atoms with Gasteiger partial charge in [0.25, 0.3) is 5.56 Å². The van der Waals surface area contributed by atoms with Gasteiger partial charge in [-0.2, -0.15) is 10.4 Å². The van der Waals surface area contributed by atoms with E-state index in [4.69, 9.17) is 5.26 Å². The van der Waals surface area contributed by atoms with Crippen molar-refractivity contribution in [3.05, 3.63) is 58.3 Å². The summed E-state index contributed by atoms with van der Waals surface area (Å²) in [4.78, 5) is 26.7. The normalized spacial score (nSPS) is 19.8. The first-order chi connectivity index (χ1) is 16.8. The molecule has 0 amide bonds. The summed E-state index contributed by atoms with van der Waals surface area (Å²) in [5, 5.41) is 13.7. The second-order valence-corrected chi connectivity index (χ2v) is 9.63. The Kier molecular flexibility index (Phi) is 5.77. The Morgan fingerprint density at radius 3 is 2.74 bits per heavy atom. The fourth-order valence-corrected chi connectivity index (χ4v) is 5.21. The van der Waals surface area contributed by atoms with Gasteiger partial charge < -0.3 is 9.47 Å². The first kappa shape index (κ1) is 23.0. The summed E-state index contributed by atoms with van der Waals surface area (Å²) >= 11 is 0. The van der Waals surface area contributed by atoms with Gasteiger partial charge in [-0.25, -0.2) is 4.98 Å². The third kappa shape index (κ3) is 4.04. The number of hydrogen-bond acceptors (Lipinski definition) is 7. The molecule has 1 aliphatic rings. The number of rotatable bonds is 4. The zero-order valence-corrected chi connectivity index (χ0v) is 20.8. The largest absolute Gasteiger partial charge is 0.364 e. The van der Waals surface area contributed by atoms with E-state index >= 15 is 0 Å². The predicted molar refractivity (Wildman–Crippen MR) is 136 cm³/mol. The molecule has 0 radical (unpaired) electrons. The molecule has 0 unspecified atom stereocenters. The fraction of sp³-hybridized carbons (Fsp3) is 0.423. The van der Waals surface area contributed by atoms with E-state index in [1.165, 1.54) is 5.56 Å². The van der Waals surface area contributed by atoms with Crippen molar-refractivity contribution in [3.8, 4) is 6.07 Å². The fourth-order valence-electron chi connectivity index (χ4n) is 5.21. The van der Waals surface area contributed by atoms with Crippen LogP contribution in [0.5, 0.6) is 0 Å². The Bertz CT molecular complexity index is 1510. The van der Waals surface area contributed by atoms with Crippen LogP contribution in [-0.4, -0.2) is 54.4 Å². The minimum Gasteiger partial charge on any atom is -0.364 e. The summed E-state index contributed by atoms with van der Waals surface area (Å²) in [6.07, 6.45) is 3.59. The van der Waals surface area contributed by atoms with E-state index < -0.39 is 0 Å². The maximum Gasteiger partial charge on any atom is 0.252 e. The SMILES string of the molecule is Cc1cnc2cc([C@H](C)N3C[C@H](C)N(c4cc(=O)n(C)c5cn(CC#N)nc45)C[C@H]3C)ccc2n1. The van der Waals surface area contributed by atoms with E-state index in [0.717, 1.165) is 46.5 Å². The second-order valence-electron chi connectivity index (χ2n) is 9.63. The zero-order valence-electron chi connectivity index (χ0n) is 20.8. The van der Waals surface area contributed by atoms with E-state index in [-0.39, 0.29) is 30.2 Å². The Morgan fingerprint density at radius 2 is 1.97 bits per heavy atom. The van der Waals surface area contributed by atoms with Gasteiger partial charge in [0, 0.05) is 50.5 Å². The van der Waals surface area contributed by atoms with E-state index in [1.54, 1.807) is 28.6 Å². The molecule has 35 heavy (non-hydrogen) atoms. The summed E-state index contributed by atoms with van der Waals surface area (Å²) < 4.78 is 3.19. The molecular weight excluding hydrogens is 440 g/mol. The van der Waals surface area contributed by atoms with Gasteiger partial charge in [0.2, 0.25) is 0 Å². The third-order valence-electron chi connectivity index (χ3n) is 7.18. The number of nitriles is 1. The molecule has 4 heterocycles. The topological polar surface area (TPSA) is 95.9 Å². The molecule has 1 aliphatic heterocycles. The number of hydrogen-bond donors (Lipinski definition) is 0. The van der Waals surface area contributed by atoms with E-state index in [2.05, 4.69) is 69.9 Å². The lowest BCUT2D eigenvalue weighted by atomic mass is 9.99. The van der Waals surface area contributed by atoms with Crippen LogP contribution in [0.1, 0.15) is 38.1 Å². The smallest absolute Gasteiger partial charge is 0.252 e. The molecule has 1 fully saturated rings. The van der Waals surface area contributed by atoms with Crippen LogP contribution in [0.3, 0.4) is 0 Å². The van der Waals surface area contributed by atoms with Crippen molar-refractivity contribution >= 4 is 27.8 Å². The zero-order chi connectivity index (χ0) is 24.9. The van der Waals surface area contributed by atoms with Gasteiger partial charge in [-0.3, -0.25) is 19.4 Å². The molecule has 0 saturated carbocycles. The highest BCUT2D eigenvalue weighted by molar-refractivity contribution is 5.88.